The lowest BCUT2D eigenvalue weighted by molar-refractivity contribution is -0.146. The largest absolute Gasteiger partial charge is 0.480 e. The number of carbonyl (C=O) groups excluding carboxylic acids is 1. The zero-order chi connectivity index (χ0) is 12.8. The van der Waals surface area contributed by atoms with Gasteiger partial charge in [-0.05, 0) is 37.5 Å². The fraction of sp³-hybridized carbons (Fsp3) is 0.846. The molecule has 1 atom stereocenters. The summed E-state index contributed by atoms with van der Waals surface area (Å²) in [6.07, 6.45) is 4.76. The van der Waals surface area contributed by atoms with Crippen LogP contribution in [-0.4, -0.2) is 47.7 Å². The Balaban J connectivity index is 1.64. The second-order valence-corrected chi connectivity index (χ2v) is 5.82. The Morgan fingerprint density at radius 1 is 1.28 bits per heavy atom. The first-order chi connectivity index (χ1) is 8.62. The molecule has 3 rings (SSSR count). The van der Waals surface area contributed by atoms with Crippen molar-refractivity contribution in [3.63, 3.8) is 0 Å². The van der Waals surface area contributed by atoms with Crippen molar-refractivity contribution >= 4 is 11.9 Å². The SMILES string of the molecule is O=C(O)CN(C(=O)[C@@H]1CC12CCOCC2)C1CC1. The van der Waals surface area contributed by atoms with Crippen LogP contribution in [0.4, 0.5) is 0 Å². The van der Waals surface area contributed by atoms with Crippen molar-refractivity contribution < 1.29 is 19.4 Å². The van der Waals surface area contributed by atoms with Crippen LogP contribution >= 0.6 is 0 Å². The van der Waals surface area contributed by atoms with Crippen LogP contribution in [0.2, 0.25) is 0 Å². The minimum absolute atomic E-state index is 0.0568. The highest BCUT2D eigenvalue weighted by Crippen LogP contribution is 2.60. The van der Waals surface area contributed by atoms with Gasteiger partial charge in [-0.2, -0.15) is 0 Å². The van der Waals surface area contributed by atoms with Gasteiger partial charge in [-0.25, -0.2) is 0 Å². The number of carboxylic acid groups (broad SMARTS) is 1. The van der Waals surface area contributed by atoms with E-state index in [1.165, 1.54) is 0 Å². The van der Waals surface area contributed by atoms with Gasteiger partial charge in [0.2, 0.25) is 5.91 Å². The third kappa shape index (κ3) is 2.11. The molecule has 1 heterocycles. The van der Waals surface area contributed by atoms with Gasteiger partial charge in [0.1, 0.15) is 6.54 Å². The van der Waals surface area contributed by atoms with E-state index in [0.29, 0.717) is 0 Å². The molecule has 1 spiro atoms. The standard InChI is InChI=1S/C13H19NO4/c15-11(16)8-14(9-1-2-9)12(17)10-7-13(10)3-5-18-6-4-13/h9-10H,1-8H2,(H,15,16)/t10-/m0/s1. The van der Waals surface area contributed by atoms with Crippen LogP contribution in [0, 0.1) is 11.3 Å². The smallest absolute Gasteiger partial charge is 0.323 e. The maximum absolute atomic E-state index is 12.4. The zero-order valence-electron chi connectivity index (χ0n) is 10.4. The quantitative estimate of drug-likeness (QED) is 0.807. The van der Waals surface area contributed by atoms with Gasteiger partial charge in [0.25, 0.3) is 0 Å². The number of carboxylic acids is 1. The molecule has 3 fully saturated rings. The minimum Gasteiger partial charge on any atom is -0.480 e. The summed E-state index contributed by atoms with van der Waals surface area (Å²) >= 11 is 0. The second kappa shape index (κ2) is 4.23. The third-order valence-corrected chi connectivity index (χ3v) is 4.55. The van der Waals surface area contributed by atoms with E-state index in [1.807, 2.05) is 0 Å². The normalized spacial score (nSPS) is 29.0. The van der Waals surface area contributed by atoms with E-state index >= 15 is 0 Å². The molecule has 0 unspecified atom stereocenters. The van der Waals surface area contributed by atoms with Crippen LogP contribution in [0.5, 0.6) is 0 Å². The molecule has 5 nitrogen and oxygen atoms in total. The summed E-state index contributed by atoms with van der Waals surface area (Å²) in [5, 5.41) is 8.90. The summed E-state index contributed by atoms with van der Waals surface area (Å²) in [4.78, 5) is 24.9. The van der Waals surface area contributed by atoms with Crippen molar-refractivity contribution in [2.75, 3.05) is 19.8 Å². The van der Waals surface area contributed by atoms with Crippen LogP contribution in [0.1, 0.15) is 32.1 Å². The van der Waals surface area contributed by atoms with Gasteiger partial charge in [0.05, 0.1) is 0 Å². The van der Waals surface area contributed by atoms with E-state index < -0.39 is 5.97 Å². The van der Waals surface area contributed by atoms with E-state index in [-0.39, 0.29) is 29.8 Å². The summed E-state index contributed by atoms with van der Waals surface area (Å²) in [5.41, 5.74) is 0.140. The van der Waals surface area contributed by atoms with E-state index in [0.717, 1.165) is 45.3 Å². The Morgan fingerprint density at radius 3 is 2.50 bits per heavy atom. The lowest BCUT2D eigenvalue weighted by Gasteiger charge is -2.25. The van der Waals surface area contributed by atoms with Gasteiger partial charge in [-0.3, -0.25) is 9.59 Å². The number of ether oxygens (including phenoxy) is 1. The molecular weight excluding hydrogens is 234 g/mol. The molecule has 0 aromatic heterocycles. The first-order valence-corrected chi connectivity index (χ1v) is 6.72. The number of hydrogen-bond donors (Lipinski definition) is 1. The Kier molecular flexibility index (Phi) is 2.81. The lowest BCUT2D eigenvalue weighted by Crippen LogP contribution is -2.39. The fourth-order valence-corrected chi connectivity index (χ4v) is 3.15. The molecule has 1 N–H and O–H groups in total. The van der Waals surface area contributed by atoms with Crippen molar-refractivity contribution in [1.82, 2.24) is 4.90 Å². The van der Waals surface area contributed by atoms with Gasteiger partial charge in [0, 0.05) is 25.2 Å². The van der Waals surface area contributed by atoms with E-state index in [4.69, 9.17) is 9.84 Å². The Morgan fingerprint density at radius 2 is 1.94 bits per heavy atom. The van der Waals surface area contributed by atoms with Gasteiger partial charge >= 0.3 is 5.97 Å². The van der Waals surface area contributed by atoms with E-state index in [9.17, 15) is 9.59 Å². The van der Waals surface area contributed by atoms with Crippen molar-refractivity contribution in [3.05, 3.63) is 0 Å². The molecule has 5 heteroatoms. The summed E-state index contributed by atoms with van der Waals surface area (Å²) in [6.45, 7) is 1.35. The molecule has 1 amide bonds. The molecule has 18 heavy (non-hydrogen) atoms. The molecule has 2 aliphatic carbocycles. The van der Waals surface area contributed by atoms with Crippen LogP contribution in [-0.2, 0) is 14.3 Å². The predicted molar refractivity (Wildman–Crippen MR) is 63.0 cm³/mol. The minimum atomic E-state index is -0.906. The van der Waals surface area contributed by atoms with Crippen LogP contribution in [0.3, 0.4) is 0 Å². The predicted octanol–water partition coefficient (Wildman–Crippen LogP) is 0.879. The van der Waals surface area contributed by atoms with Gasteiger partial charge < -0.3 is 14.7 Å². The summed E-state index contributed by atoms with van der Waals surface area (Å²) in [6, 6.07) is 0.186. The number of hydrogen-bond acceptors (Lipinski definition) is 3. The number of rotatable bonds is 4. The Hall–Kier alpha value is -1.10. The highest BCUT2D eigenvalue weighted by atomic mass is 16.5. The van der Waals surface area contributed by atoms with E-state index in [1.54, 1.807) is 4.90 Å². The van der Waals surface area contributed by atoms with Crippen LogP contribution < -0.4 is 0 Å². The Bertz CT molecular complexity index is 371. The molecule has 2 saturated carbocycles. The molecule has 3 aliphatic rings. The summed E-state index contributed by atoms with van der Waals surface area (Å²) in [5.74, 6) is -0.778. The first-order valence-electron chi connectivity index (χ1n) is 6.72. The average Bonchev–Trinajstić information content (AvgIpc) is 3.23. The monoisotopic (exact) mass is 253 g/mol. The van der Waals surface area contributed by atoms with Gasteiger partial charge in [-0.15, -0.1) is 0 Å². The molecule has 0 aromatic carbocycles. The molecular formula is C13H19NO4. The average molecular weight is 253 g/mol. The van der Waals surface area contributed by atoms with Crippen LogP contribution in [0.15, 0.2) is 0 Å². The maximum Gasteiger partial charge on any atom is 0.323 e. The maximum atomic E-state index is 12.4. The highest BCUT2D eigenvalue weighted by molar-refractivity contribution is 5.86. The van der Waals surface area contributed by atoms with Crippen LogP contribution in [0.25, 0.3) is 0 Å². The Labute approximate surface area is 106 Å². The van der Waals surface area contributed by atoms with Crippen molar-refractivity contribution in [3.8, 4) is 0 Å². The summed E-state index contributed by atoms with van der Waals surface area (Å²) in [7, 11) is 0. The van der Waals surface area contributed by atoms with Gasteiger partial charge in [-0.1, -0.05) is 0 Å². The molecule has 0 bridgehead atoms. The first kappa shape index (κ1) is 12.0. The number of carbonyl (C=O) groups is 2. The lowest BCUT2D eigenvalue weighted by atomic mass is 9.93. The van der Waals surface area contributed by atoms with Gasteiger partial charge in [0.15, 0.2) is 0 Å². The van der Waals surface area contributed by atoms with Crippen molar-refractivity contribution in [1.29, 1.82) is 0 Å². The zero-order valence-corrected chi connectivity index (χ0v) is 10.4. The second-order valence-electron chi connectivity index (χ2n) is 5.82. The number of nitrogens with zero attached hydrogens (tertiary/aromatic N) is 1. The molecule has 0 radical (unpaired) electrons. The third-order valence-electron chi connectivity index (χ3n) is 4.55. The number of amides is 1. The van der Waals surface area contributed by atoms with Crippen molar-refractivity contribution in [2.24, 2.45) is 11.3 Å². The van der Waals surface area contributed by atoms with E-state index in [2.05, 4.69) is 0 Å². The molecule has 1 saturated heterocycles. The fourth-order valence-electron chi connectivity index (χ4n) is 3.15. The van der Waals surface area contributed by atoms with Crippen molar-refractivity contribution in [2.45, 2.75) is 38.1 Å². The topological polar surface area (TPSA) is 66.8 Å². The molecule has 100 valence electrons. The number of aliphatic carboxylic acids is 1. The highest BCUT2D eigenvalue weighted by Gasteiger charge is 2.59. The molecule has 0 aromatic rings. The summed E-state index contributed by atoms with van der Waals surface area (Å²) < 4.78 is 5.34. The molecule has 1 aliphatic heterocycles.